The van der Waals surface area contributed by atoms with Crippen LogP contribution in [0.2, 0.25) is 0 Å². The molecule has 8 heteroatoms. The predicted octanol–water partition coefficient (Wildman–Crippen LogP) is 5.88. The Morgan fingerprint density at radius 1 is 1.03 bits per heavy atom. The van der Waals surface area contributed by atoms with E-state index in [9.17, 15) is 0 Å². The number of hydrogen-bond donors (Lipinski definition) is 4. The van der Waals surface area contributed by atoms with Crippen molar-refractivity contribution >= 4 is 39.5 Å². The molecule has 0 fully saturated rings. The Balaban J connectivity index is 1.53. The highest BCUT2D eigenvalue weighted by molar-refractivity contribution is 7.15. The molecule has 0 saturated heterocycles. The summed E-state index contributed by atoms with van der Waals surface area (Å²) in [6.45, 7) is 6.25. The van der Waals surface area contributed by atoms with Crippen LogP contribution in [0.1, 0.15) is 30.1 Å². The van der Waals surface area contributed by atoms with Crippen LogP contribution in [0, 0.1) is 12.3 Å². The van der Waals surface area contributed by atoms with E-state index >= 15 is 0 Å². The van der Waals surface area contributed by atoms with Crippen molar-refractivity contribution in [1.29, 1.82) is 5.41 Å². The monoisotopic (exact) mass is 467 g/mol. The van der Waals surface area contributed by atoms with Gasteiger partial charge in [-0.05, 0) is 56.7 Å². The lowest BCUT2D eigenvalue weighted by atomic mass is 10.00. The summed E-state index contributed by atoms with van der Waals surface area (Å²) in [5.41, 5.74) is 13.0. The van der Waals surface area contributed by atoms with Crippen LogP contribution in [0.3, 0.4) is 0 Å². The van der Waals surface area contributed by atoms with Gasteiger partial charge >= 0.3 is 0 Å². The highest BCUT2D eigenvalue weighted by Gasteiger charge is 2.17. The molecule has 0 bridgehead atoms. The number of anilines is 2. The minimum absolute atomic E-state index is 0.230. The number of aromatic nitrogens is 4. The minimum Gasteiger partial charge on any atom is -0.398 e. The quantitative estimate of drug-likeness (QED) is 0.184. The smallest absolute Gasteiger partial charge is 0.157 e. The molecular weight excluding hydrogens is 442 g/mol. The number of H-pyrrole nitrogens is 1. The average molecular weight is 468 g/mol. The normalized spacial score (nSPS) is 11.3. The van der Waals surface area contributed by atoms with Crippen LogP contribution >= 0.6 is 11.3 Å². The molecule has 1 aromatic carbocycles. The number of nitrogens with zero attached hydrogens (tertiary/aromatic N) is 3. The fourth-order valence-electron chi connectivity index (χ4n) is 3.90. The van der Waals surface area contributed by atoms with Crippen LogP contribution in [-0.2, 0) is 0 Å². The molecule has 0 radical (unpaired) electrons. The molecule has 7 nitrogen and oxygen atoms in total. The summed E-state index contributed by atoms with van der Waals surface area (Å²) in [6, 6.07) is 12.2. The van der Waals surface area contributed by atoms with E-state index in [2.05, 4.69) is 53.2 Å². The molecule has 5 aromatic rings. The Morgan fingerprint density at radius 3 is 2.62 bits per heavy atom. The van der Waals surface area contributed by atoms with Gasteiger partial charge in [-0.15, -0.1) is 11.3 Å². The van der Waals surface area contributed by atoms with Gasteiger partial charge in [0, 0.05) is 56.8 Å². The highest BCUT2D eigenvalue weighted by atomic mass is 32.1. The van der Waals surface area contributed by atoms with Crippen LogP contribution in [-0.4, -0.2) is 31.7 Å². The summed E-state index contributed by atoms with van der Waals surface area (Å²) in [6.07, 6.45) is 7.18. The average Bonchev–Trinajstić information content (AvgIpc) is 3.45. The first-order chi connectivity index (χ1) is 16.4. The second-order valence-electron chi connectivity index (χ2n) is 8.52. The van der Waals surface area contributed by atoms with Crippen molar-refractivity contribution in [2.75, 3.05) is 11.1 Å². The molecule has 0 amide bonds. The maximum atomic E-state index is 8.90. The Hall–Kier alpha value is -4.04. The molecule has 4 aromatic heterocycles. The first kappa shape index (κ1) is 21.8. The zero-order valence-electron chi connectivity index (χ0n) is 19.2. The fourth-order valence-corrected chi connectivity index (χ4v) is 4.78. The standard InChI is InChI=1S/C26H25N7S/c1-14(2)31-18-8-17(10-29-11-18)16-5-6-21(27)19(9-16)24(28)26-32-22-13-30-12-20(25(22)33-26)23-7-4-15(3)34-23/h4-14,28,31H,27H2,1-3H3,(H,32,33). The number of imidazole rings is 1. The minimum atomic E-state index is 0.230. The molecule has 0 spiro atoms. The number of benzene rings is 1. The van der Waals surface area contributed by atoms with Crippen molar-refractivity contribution in [3.05, 3.63) is 77.5 Å². The van der Waals surface area contributed by atoms with Gasteiger partial charge in [-0.1, -0.05) is 6.07 Å². The first-order valence-electron chi connectivity index (χ1n) is 11.0. The van der Waals surface area contributed by atoms with Crippen molar-refractivity contribution in [1.82, 2.24) is 19.9 Å². The molecule has 0 aliphatic rings. The second kappa shape index (κ2) is 8.72. The number of pyridine rings is 2. The van der Waals surface area contributed by atoms with Crippen molar-refractivity contribution in [3.8, 4) is 21.6 Å². The van der Waals surface area contributed by atoms with Crippen LogP contribution < -0.4 is 11.1 Å². The Labute approximate surface area is 201 Å². The molecule has 0 unspecified atom stereocenters. The summed E-state index contributed by atoms with van der Waals surface area (Å²) in [5, 5.41) is 12.3. The Bertz CT molecular complexity index is 1510. The van der Waals surface area contributed by atoms with Crippen molar-refractivity contribution in [2.24, 2.45) is 0 Å². The number of hydrogen-bond acceptors (Lipinski definition) is 7. The van der Waals surface area contributed by atoms with Crippen LogP contribution in [0.5, 0.6) is 0 Å². The number of aromatic amines is 1. The number of thiophene rings is 1. The second-order valence-corrected chi connectivity index (χ2v) is 9.81. The summed E-state index contributed by atoms with van der Waals surface area (Å²) in [4.78, 5) is 19.1. The molecule has 0 aliphatic carbocycles. The summed E-state index contributed by atoms with van der Waals surface area (Å²) < 4.78 is 0. The zero-order chi connectivity index (χ0) is 23.8. The molecule has 0 aliphatic heterocycles. The Kier molecular flexibility index (Phi) is 5.59. The molecule has 0 atom stereocenters. The van der Waals surface area contributed by atoms with E-state index < -0.39 is 0 Å². The molecule has 4 heterocycles. The fraction of sp³-hybridized carbons (Fsp3) is 0.154. The number of fused-ring (bicyclic) bond motifs is 1. The van der Waals surface area contributed by atoms with Gasteiger partial charge < -0.3 is 16.0 Å². The van der Waals surface area contributed by atoms with E-state index in [4.69, 9.17) is 16.1 Å². The summed E-state index contributed by atoms with van der Waals surface area (Å²) >= 11 is 1.70. The maximum absolute atomic E-state index is 8.90. The Morgan fingerprint density at radius 2 is 1.85 bits per heavy atom. The van der Waals surface area contributed by atoms with Gasteiger partial charge in [-0.2, -0.15) is 0 Å². The lowest BCUT2D eigenvalue weighted by Crippen LogP contribution is -2.10. The van der Waals surface area contributed by atoms with Crippen LogP contribution in [0.4, 0.5) is 11.4 Å². The zero-order valence-corrected chi connectivity index (χ0v) is 20.0. The number of aryl methyl sites for hydroxylation is 1. The molecular formula is C26H25N7S. The van der Waals surface area contributed by atoms with E-state index in [0.717, 1.165) is 38.3 Å². The van der Waals surface area contributed by atoms with Crippen molar-refractivity contribution in [3.63, 3.8) is 0 Å². The number of nitrogens with two attached hydrogens (primary N) is 1. The third kappa shape index (κ3) is 4.15. The van der Waals surface area contributed by atoms with E-state index in [1.54, 1.807) is 23.7 Å². The summed E-state index contributed by atoms with van der Waals surface area (Å²) in [7, 11) is 0. The van der Waals surface area contributed by atoms with Gasteiger partial charge in [-0.25, -0.2) is 4.98 Å². The first-order valence-corrected chi connectivity index (χ1v) is 11.8. The van der Waals surface area contributed by atoms with Gasteiger partial charge in [0.2, 0.25) is 0 Å². The third-order valence-electron chi connectivity index (χ3n) is 5.49. The topological polar surface area (TPSA) is 116 Å². The van der Waals surface area contributed by atoms with Gasteiger partial charge in [0.15, 0.2) is 5.82 Å². The number of nitrogens with one attached hydrogen (secondary N) is 3. The number of nitrogen functional groups attached to an aromatic ring is 1. The van der Waals surface area contributed by atoms with Crippen molar-refractivity contribution in [2.45, 2.75) is 26.8 Å². The van der Waals surface area contributed by atoms with Crippen LogP contribution in [0.25, 0.3) is 32.6 Å². The predicted molar refractivity (Wildman–Crippen MR) is 141 cm³/mol. The largest absolute Gasteiger partial charge is 0.398 e. The summed E-state index contributed by atoms with van der Waals surface area (Å²) in [5.74, 6) is 0.453. The van der Waals surface area contributed by atoms with Crippen LogP contribution in [0.15, 0.2) is 61.2 Å². The van der Waals surface area contributed by atoms with E-state index in [0.29, 0.717) is 23.1 Å². The lowest BCUT2D eigenvalue weighted by molar-refractivity contribution is 0.898. The van der Waals surface area contributed by atoms with Gasteiger partial charge in [0.1, 0.15) is 11.2 Å². The van der Waals surface area contributed by atoms with Gasteiger partial charge in [0.25, 0.3) is 0 Å². The lowest BCUT2D eigenvalue weighted by Gasteiger charge is -2.12. The van der Waals surface area contributed by atoms with E-state index in [-0.39, 0.29) is 5.71 Å². The van der Waals surface area contributed by atoms with Gasteiger partial charge in [0.05, 0.1) is 17.4 Å². The molecule has 5 rings (SSSR count). The van der Waals surface area contributed by atoms with Gasteiger partial charge in [-0.3, -0.25) is 15.4 Å². The molecule has 170 valence electrons. The molecule has 5 N–H and O–H groups in total. The molecule has 0 saturated carbocycles. The molecule has 34 heavy (non-hydrogen) atoms. The third-order valence-corrected chi connectivity index (χ3v) is 6.52. The van der Waals surface area contributed by atoms with Crippen molar-refractivity contribution < 1.29 is 0 Å². The van der Waals surface area contributed by atoms with E-state index in [1.165, 1.54) is 4.88 Å². The maximum Gasteiger partial charge on any atom is 0.157 e. The van der Waals surface area contributed by atoms with E-state index in [1.807, 2.05) is 36.7 Å². The SMILES string of the molecule is Cc1ccc(-c2cncc3[nH]c(C(=N)c4cc(-c5cncc(NC(C)C)c5)ccc4N)nc23)s1. The highest BCUT2D eigenvalue weighted by Crippen LogP contribution is 2.32. The number of rotatable bonds is 6.